The summed E-state index contributed by atoms with van der Waals surface area (Å²) >= 11 is 0. The summed E-state index contributed by atoms with van der Waals surface area (Å²) in [6.45, 7) is 1.36. The second-order valence-electron chi connectivity index (χ2n) is 3.09. The summed E-state index contributed by atoms with van der Waals surface area (Å²) in [6.07, 6.45) is -4.36. The molecule has 5 heteroatoms. The van der Waals surface area contributed by atoms with Crippen LogP contribution < -0.4 is 0 Å². The highest BCUT2D eigenvalue weighted by Gasteiger charge is 2.40. The summed E-state index contributed by atoms with van der Waals surface area (Å²) in [7, 11) is 0. The summed E-state index contributed by atoms with van der Waals surface area (Å²) in [5.41, 5.74) is 0. The molecule has 5 atom stereocenters. The highest BCUT2D eigenvalue weighted by Crippen LogP contribution is 2.24. The fraction of sp³-hybridized carbons (Fsp3) is 1.00. The lowest BCUT2D eigenvalue weighted by Crippen LogP contribution is -2.54. The van der Waals surface area contributed by atoms with Crippen LogP contribution in [0, 0.1) is 5.92 Å². The number of rotatable bonds is 1. The molecule has 4 N–H and O–H groups in total. The SMILES string of the molecule is C[C@@H]1C(CO)O[C@H](O)[C@@H](O)C1O. The zero-order chi connectivity index (χ0) is 9.30. The molecule has 1 heterocycles. The van der Waals surface area contributed by atoms with E-state index in [0.717, 1.165) is 0 Å². The van der Waals surface area contributed by atoms with Crippen LogP contribution in [-0.4, -0.2) is 51.6 Å². The summed E-state index contributed by atoms with van der Waals surface area (Å²) < 4.78 is 4.83. The molecule has 1 fully saturated rings. The van der Waals surface area contributed by atoms with Crippen LogP contribution in [0.2, 0.25) is 0 Å². The van der Waals surface area contributed by atoms with Crippen molar-refractivity contribution in [2.24, 2.45) is 5.92 Å². The molecule has 0 spiro atoms. The zero-order valence-electron chi connectivity index (χ0n) is 6.79. The van der Waals surface area contributed by atoms with Crippen molar-refractivity contribution >= 4 is 0 Å². The first-order chi connectivity index (χ1) is 5.57. The monoisotopic (exact) mass is 178 g/mol. The maximum atomic E-state index is 9.32. The highest BCUT2D eigenvalue weighted by molar-refractivity contribution is 4.85. The standard InChI is InChI=1S/C7H14O5/c1-3-4(2-8)12-7(11)6(10)5(3)9/h3-11H,2H2,1H3/t3-,4?,5?,6+,7+/m1/s1. The van der Waals surface area contributed by atoms with Crippen molar-refractivity contribution in [3.8, 4) is 0 Å². The molecular weight excluding hydrogens is 164 g/mol. The largest absolute Gasteiger partial charge is 0.394 e. The van der Waals surface area contributed by atoms with Gasteiger partial charge in [0.15, 0.2) is 6.29 Å². The van der Waals surface area contributed by atoms with Crippen LogP contribution in [0.25, 0.3) is 0 Å². The molecule has 1 aliphatic rings. The molecule has 2 unspecified atom stereocenters. The number of ether oxygens (including phenoxy) is 1. The Hall–Kier alpha value is -0.200. The van der Waals surface area contributed by atoms with E-state index in [1.54, 1.807) is 6.92 Å². The first-order valence-corrected chi connectivity index (χ1v) is 3.88. The molecule has 0 bridgehead atoms. The van der Waals surface area contributed by atoms with Crippen LogP contribution in [0.3, 0.4) is 0 Å². The molecule has 0 aliphatic carbocycles. The minimum Gasteiger partial charge on any atom is -0.394 e. The van der Waals surface area contributed by atoms with Crippen molar-refractivity contribution in [1.29, 1.82) is 0 Å². The molecule has 0 aromatic carbocycles. The van der Waals surface area contributed by atoms with Gasteiger partial charge in [0.1, 0.15) is 6.10 Å². The van der Waals surface area contributed by atoms with E-state index in [2.05, 4.69) is 0 Å². The van der Waals surface area contributed by atoms with Crippen LogP contribution in [0.4, 0.5) is 0 Å². The lowest BCUT2D eigenvalue weighted by atomic mass is 9.91. The Kier molecular flexibility index (Phi) is 3.03. The third-order valence-corrected chi connectivity index (χ3v) is 2.26. The van der Waals surface area contributed by atoms with Gasteiger partial charge in [-0.15, -0.1) is 0 Å². The van der Waals surface area contributed by atoms with Crippen LogP contribution in [0.5, 0.6) is 0 Å². The summed E-state index contributed by atoms with van der Waals surface area (Å²) in [6, 6.07) is 0. The third-order valence-electron chi connectivity index (χ3n) is 2.26. The topological polar surface area (TPSA) is 90.2 Å². The Balaban J connectivity index is 2.63. The molecule has 5 nitrogen and oxygen atoms in total. The summed E-state index contributed by atoms with van der Waals surface area (Å²) in [5, 5.41) is 36.2. The molecule has 1 saturated heterocycles. The van der Waals surface area contributed by atoms with Gasteiger partial charge >= 0.3 is 0 Å². The van der Waals surface area contributed by atoms with E-state index < -0.39 is 24.6 Å². The number of hydrogen-bond acceptors (Lipinski definition) is 5. The molecule has 1 aliphatic heterocycles. The average molecular weight is 178 g/mol. The number of hydrogen-bond donors (Lipinski definition) is 4. The minimum atomic E-state index is -1.41. The molecule has 1 rings (SSSR count). The van der Waals surface area contributed by atoms with E-state index in [-0.39, 0.29) is 12.5 Å². The molecule has 0 amide bonds. The van der Waals surface area contributed by atoms with Crippen molar-refractivity contribution in [3.63, 3.8) is 0 Å². The van der Waals surface area contributed by atoms with Crippen molar-refractivity contribution in [2.45, 2.75) is 31.5 Å². The maximum absolute atomic E-state index is 9.32. The molecule has 0 aromatic heterocycles. The van der Waals surface area contributed by atoms with E-state index in [1.807, 2.05) is 0 Å². The van der Waals surface area contributed by atoms with Gasteiger partial charge in [-0.2, -0.15) is 0 Å². The van der Waals surface area contributed by atoms with Gasteiger partial charge in [-0.1, -0.05) is 6.92 Å². The molecule has 12 heavy (non-hydrogen) atoms. The average Bonchev–Trinajstić information content (AvgIpc) is 2.08. The number of aliphatic hydroxyl groups is 4. The van der Waals surface area contributed by atoms with Gasteiger partial charge in [0.05, 0.1) is 18.8 Å². The van der Waals surface area contributed by atoms with E-state index in [4.69, 9.17) is 20.1 Å². The fourth-order valence-electron chi connectivity index (χ4n) is 1.29. The summed E-state index contributed by atoms with van der Waals surface area (Å²) in [5.74, 6) is -0.381. The fourth-order valence-corrected chi connectivity index (χ4v) is 1.29. The Morgan fingerprint density at radius 1 is 1.17 bits per heavy atom. The molecule has 0 saturated carbocycles. The second-order valence-corrected chi connectivity index (χ2v) is 3.09. The van der Waals surface area contributed by atoms with Crippen molar-refractivity contribution in [2.75, 3.05) is 6.61 Å². The second kappa shape index (κ2) is 3.68. The highest BCUT2D eigenvalue weighted by atomic mass is 16.6. The Morgan fingerprint density at radius 2 is 1.75 bits per heavy atom. The van der Waals surface area contributed by atoms with E-state index in [0.29, 0.717) is 0 Å². The first-order valence-electron chi connectivity index (χ1n) is 3.88. The quantitative estimate of drug-likeness (QED) is 0.375. The minimum absolute atomic E-state index is 0.276. The number of aliphatic hydroxyl groups excluding tert-OH is 4. The van der Waals surface area contributed by atoms with Gasteiger partial charge in [-0.25, -0.2) is 0 Å². The van der Waals surface area contributed by atoms with Gasteiger partial charge in [0.2, 0.25) is 0 Å². The van der Waals surface area contributed by atoms with Crippen LogP contribution >= 0.6 is 0 Å². The van der Waals surface area contributed by atoms with Gasteiger partial charge in [0, 0.05) is 5.92 Å². The van der Waals surface area contributed by atoms with Crippen molar-refractivity contribution in [3.05, 3.63) is 0 Å². The molecule has 0 aromatic rings. The van der Waals surface area contributed by atoms with Crippen LogP contribution in [0.15, 0.2) is 0 Å². The van der Waals surface area contributed by atoms with Crippen LogP contribution in [0.1, 0.15) is 6.92 Å². The van der Waals surface area contributed by atoms with Crippen LogP contribution in [-0.2, 0) is 4.74 Å². The Morgan fingerprint density at radius 3 is 2.25 bits per heavy atom. The van der Waals surface area contributed by atoms with Crippen molar-refractivity contribution in [1.82, 2.24) is 0 Å². The van der Waals surface area contributed by atoms with Gasteiger partial charge in [-0.05, 0) is 0 Å². The Bertz CT molecular complexity index is 146. The normalized spacial score (nSPS) is 49.2. The molecule has 0 radical (unpaired) electrons. The third kappa shape index (κ3) is 1.60. The van der Waals surface area contributed by atoms with Gasteiger partial charge in [0.25, 0.3) is 0 Å². The van der Waals surface area contributed by atoms with Crippen molar-refractivity contribution < 1.29 is 25.2 Å². The predicted molar refractivity (Wildman–Crippen MR) is 39.1 cm³/mol. The molecular formula is C7H14O5. The smallest absolute Gasteiger partial charge is 0.183 e. The lowest BCUT2D eigenvalue weighted by Gasteiger charge is -2.38. The first kappa shape index (κ1) is 9.88. The van der Waals surface area contributed by atoms with E-state index >= 15 is 0 Å². The summed E-state index contributed by atoms with van der Waals surface area (Å²) in [4.78, 5) is 0. The van der Waals surface area contributed by atoms with E-state index in [1.165, 1.54) is 0 Å². The van der Waals surface area contributed by atoms with Gasteiger partial charge < -0.3 is 25.2 Å². The van der Waals surface area contributed by atoms with E-state index in [9.17, 15) is 5.11 Å². The predicted octanol–water partition coefficient (Wildman–Crippen LogP) is -1.95. The molecule has 72 valence electrons. The Labute approximate surface area is 70.2 Å². The van der Waals surface area contributed by atoms with Gasteiger partial charge in [-0.3, -0.25) is 0 Å². The maximum Gasteiger partial charge on any atom is 0.183 e. The zero-order valence-corrected chi connectivity index (χ0v) is 6.79. The lowest BCUT2D eigenvalue weighted by molar-refractivity contribution is -0.271.